The van der Waals surface area contributed by atoms with Gasteiger partial charge < -0.3 is 0 Å². The van der Waals surface area contributed by atoms with Crippen molar-refractivity contribution in [2.24, 2.45) is 5.92 Å². The Balaban J connectivity index is 2.17. The molecule has 1 aliphatic carbocycles. The van der Waals surface area contributed by atoms with Crippen LogP contribution in [0.2, 0.25) is 0 Å². The van der Waals surface area contributed by atoms with Crippen LogP contribution in [-0.4, -0.2) is 19.3 Å². The molecule has 1 aromatic carbocycles. The maximum Gasteiger partial charge on any atom is 0.100 e. The zero-order chi connectivity index (χ0) is 14.8. The van der Waals surface area contributed by atoms with E-state index < -0.39 is 11.0 Å². The Bertz CT molecular complexity index is 448. The molecule has 2 atom stereocenters. The SMILES string of the molecule is C[C@@H](C1CCC1)N(Cc1ccccc1)[S@@](=O)C(C)(C)C. The summed E-state index contributed by atoms with van der Waals surface area (Å²) in [6.45, 7) is 9.22. The molecule has 0 N–H and O–H groups in total. The minimum atomic E-state index is -0.961. The number of rotatable bonds is 5. The highest BCUT2D eigenvalue weighted by Crippen LogP contribution is 2.34. The standard InChI is InChI=1S/C17H27NOS/c1-14(16-11-8-12-16)18(20(19)17(2,3)4)13-15-9-6-5-7-10-15/h5-7,9-10,14,16H,8,11-13H2,1-4H3/t14-,20-/m0/s1. The quantitative estimate of drug-likeness (QED) is 0.799. The van der Waals surface area contributed by atoms with E-state index in [1.165, 1.54) is 24.8 Å². The summed E-state index contributed by atoms with van der Waals surface area (Å²) < 4.78 is 14.9. The molecular formula is C17H27NOS. The molecule has 0 aliphatic heterocycles. The maximum atomic E-state index is 12.9. The van der Waals surface area contributed by atoms with Crippen molar-refractivity contribution in [3.8, 4) is 0 Å². The van der Waals surface area contributed by atoms with Gasteiger partial charge in [0.1, 0.15) is 11.0 Å². The van der Waals surface area contributed by atoms with Crippen LogP contribution in [0.4, 0.5) is 0 Å². The Kier molecular flexibility index (Phi) is 5.03. The molecule has 0 saturated heterocycles. The lowest BCUT2D eigenvalue weighted by atomic mass is 9.80. The predicted molar refractivity (Wildman–Crippen MR) is 86.7 cm³/mol. The third kappa shape index (κ3) is 3.70. The van der Waals surface area contributed by atoms with Crippen LogP contribution in [0, 0.1) is 5.92 Å². The molecule has 0 amide bonds. The molecule has 1 aliphatic rings. The first kappa shape index (κ1) is 15.7. The highest BCUT2D eigenvalue weighted by molar-refractivity contribution is 7.84. The fourth-order valence-electron chi connectivity index (χ4n) is 2.63. The largest absolute Gasteiger partial charge is 0.242 e. The van der Waals surface area contributed by atoms with Gasteiger partial charge in [-0.3, -0.25) is 0 Å². The zero-order valence-electron chi connectivity index (χ0n) is 13.1. The summed E-state index contributed by atoms with van der Waals surface area (Å²) in [5.41, 5.74) is 1.25. The van der Waals surface area contributed by atoms with E-state index >= 15 is 0 Å². The molecule has 2 rings (SSSR count). The van der Waals surface area contributed by atoms with E-state index in [9.17, 15) is 4.21 Å². The molecule has 0 unspecified atom stereocenters. The summed E-state index contributed by atoms with van der Waals surface area (Å²) in [6, 6.07) is 10.8. The van der Waals surface area contributed by atoms with E-state index in [4.69, 9.17) is 0 Å². The van der Waals surface area contributed by atoms with Gasteiger partial charge in [0, 0.05) is 12.6 Å². The van der Waals surface area contributed by atoms with E-state index in [0.29, 0.717) is 12.0 Å². The second-order valence-electron chi connectivity index (χ2n) is 6.85. The highest BCUT2D eigenvalue weighted by Gasteiger charge is 2.35. The van der Waals surface area contributed by atoms with Gasteiger partial charge in [0.05, 0.1) is 4.75 Å². The molecular weight excluding hydrogens is 266 g/mol. The van der Waals surface area contributed by atoms with Crippen molar-refractivity contribution in [3.05, 3.63) is 35.9 Å². The summed E-state index contributed by atoms with van der Waals surface area (Å²) in [5.74, 6) is 0.713. The van der Waals surface area contributed by atoms with E-state index in [0.717, 1.165) is 6.54 Å². The molecule has 1 aromatic rings. The van der Waals surface area contributed by atoms with E-state index in [2.05, 4.69) is 56.3 Å². The normalized spacial score (nSPS) is 19.6. The molecule has 1 fully saturated rings. The van der Waals surface area contributed by atoms with E-state index in [1.54, 1.807) is 0 Å². The highest BCUT2D eigenvalue weighted by atomic mass is 32.2. The average Bonchev–Trinajstić information content (AvgIpc) is 2.33. The summed E-state index contributed by atoms with van der Waals surface area (Å²) >= 11 is 0. The van der Waals surface area contributed by atoms with Crippen LogP contribution in [0.15, 0.2) is 30.3 Å². The fourth-order valence-corrected chi connectivity index (χ4v) is 4.07. The van der Waals surface area contributed by atoms with Crippen LogP contribution in [0.3, 0.4) is 0 Å². The first-order chi connectivity index (χ1) is 9.39. The van der Waals surface area contributed by atoms with E-state index in [1.807, 2.05) is 6.07 Å². The number of hydrogen-bond donors (Lipinski definition) is 0. The lowest BCUT2D eigenvalue weighted by Crippen LogP contribution is -2.46. The predicted octanol–water partition coefficient (Wildman–Crippen LogP) is 4.14. The number of hydrogen-bond acceptors (Lipinski definition) is 1. The van der Waals surface area contributed by atoms with Crippen molar-refractivity contribution in [2.45, 2.75) is 64.3 Å². The van der Waals surface area contributed by atoms with Crippen LogP contribution >= 0.6 is 0 Å². The Labute approximate surface area is 126 Å². The third-order valence-corrected chi connectivity index (χ3v) is 6.14. The fraction of sp³-hybridized carbons (Fsp3) is 0.647. The van der Waals surface area contributed by atoms with Crippen molar-refractivity contribution in [3.63, 3.8) is 0 Å². The molecule has 112 valence electrons. The molecule has 0 bridgehead atoms. The molecule has 20 heavy (non-hydrogen) atoms. The Hall–Kier alpha value is -0.670. The topological polar surface area (TPSA) is 20.3 Å². The number of nitrogens with zero attached hydrogens (tertiary/aromatic N) is 1. The Morgan fingerprint density at radius 3 is 2.30 bits per heavy atom. The maximum absolute atomic E-state index is 12.9. The van der Waals surface area contributed by atoms with Crippen molar-refractivity contribution >= 4 is 11.0 Å². The first-order valence-electron chi connectivity index (χ1n) is 7.62. The smallest absolute Gasteiger partial charge is 0.100 e. The van der Waals surface area contributed by atoms with Crippen LogP contribution in [0.1, 0.15) is 52.5 Å². The second kappa shape index (κ2) is 6.40. The molecule has 0 heterocycles. The van der Waals surface area contributed by atoms with Crippen molar-refractivity contribution < 1.29 is 4.21 Å². The Morgan fingerprint density at radius 1 is 1.25 bits per heavy atom. The third-order valence-electron chi connectivity index (χ3n) is 4.20. The van der Waals surface area contributed by atoms with Gasteiger partial charge in [-0.1, -0.05) is 36.8 Å². The Morgan fingerprint density at radius 2 is 1.85 bits per heavy atom. The van der Waals surface area contributed by atoms with Crippen LogP contribution in [0.25, 0.3) is 0 Å². The summed E-state index contributed by atoms with van der Waals surface area (Å²) in [6.07, 6.45) is 3.90. The van der Waals surface area contributed by atoms with Crippen LogP contribution in [0.5, 0.6) is 0 Å². The average molecular weight is 293 g/mol. The lowest BCUT2D eigenvalue weighted by molar-refractivity contribution is 0.174. The minimum absolute atomic E-state index is 0.202. The molecule has 1 saturated carbocycles. The van der Waals surface area contributed by atoms with Gasteiger partial charge in [0.15, 0.2) is 0 Å². The van der Waals surface area contributed by atoms with Crippen LogP contribution < -0.4 is 0 Å². The lowest BCUT2D eigenvalue weighted by Gasteiger charge is -2.40. The molecule has 0 spiro atoms. The number of benzene rings is 1. The van der Waals surface area contributed by atoms with Crippen molar-refractivity contribution in [2.75, 3.05) is 0 Å². The van der Waals surface area contributed by atoms with Gasteiger partial charge >= 0.3 is 0 Å². The van der Waals surface area contributed by atoms with Gasteiger partial charge in [0.2, 0.25) is 0 Å². The molecule has 3 heteroatoms. The monoisotopic (exact) mass is 293 g/mol. The molecule has 0 aromatic heterocycles. The molecule has 2 nitrogen and oxygen atoms in total. The minimum Gasteiger partial charge on any atom is -0.242 e. The van der Waals surface area contributed by atoms with Gasteiger partial charge in [0.25, 0.3) is 0 Å². The first-order valence-corrected chi connectivity index (χ1v) is 8.73. The van der Waals surface area contributed by atoms with Gasteiger partial charge in [-0.2, -0.15) is 0 Å². The van der Waals surface area contributed by atoms with Crippen molar-refractivity contribution in [1.29, 1.82) is 0 Å². The summed E-state index contributed by atoms with van der Waals surface area (Å²) in [4.78, 5) is 0. The van der Waals surface area contributed by atoms with Gasteiger partial charge in [-0.15, -0.1) is 0 Å². The summed E-state index contributed by atoms with van der Waals surface area (Å²) in [5, 5.41) is 0. The van der Waals surface area contributed by atoms with Gasteiger partial charge in [-0.25, -0.2) is 8.51 Å². The zero-order valence-corrected chi connectivity index (χ0v) is 14.0. The van der Waals surface area contributed by atoms with Gasteiger partial charge in [-0.05, 0) is 52.0 Å². The summed E-state index contributed by atoms with van der Waals surface area (Å²) in [7, 11) is -0.961. The van der Waals surface area contributed by atoms with Crippen LogP contribution in [-0.2, 0) is 17.5 Å². The van der Waals surface area contributed by atoms with E-state index in [-0.39, 0.29) is 4.75 Å². The van der Waals surface area contributed by atoms with Crippen molar-refractivity contribution in [1.82, 2.24) is 4.31 Å². The molecule has 0 radical (unpaired) electrons. The second-order valence-corrected chi connectivity index (χ2v) is 9.05.